The van der Waals surface area contributed by atoms with Crippen molar-refractivity contribution in [2.24, 2.45) is 0 Å². The van der Waals surface area contributed by atoms with Gasteiger partial charge >= 0.3 is 254 Å². The van der Waals surface area contributed by atoms with Crippen LogP contribution >= 0.6 is 5.51 Å². The number of hydrogen-bond acceptors (Lipinski definition) is 1. The molecule has 0 bridgehead atoms. The van der Waals surface area contributed by atoms with Gasteiger partial charge in [0.1, 0.15) is 0 Å². The van der Waals surface area contributed by atoms with Crippen molar-refractivity contribution in [2.45, 2.75) is 0 Å². The SMILES string of the molecule is [Se]=P(c1ccccc1)(c1ccc(-c2cc3cccnc3c3c2ccc2ccccc23)cc1)c1cccc2ccccc12. The first-order valence-electron chi connectivity index (χ1n) is 14.2. The summed E-state index contributed by atoms with van der Waals surface area (Å²) in [5.74, 6) is 0. The molecule has 0 radical (unpaired) electrons. The normalized spacial score (nSPS) is 13.0. The molecule has 8 aromatic rings. The van der Waals surface area contributed by atoms with Crippen LogP contribution in [0.5, 0.6) is 0 Å². The van der Waals surface area contributed by atoms with Gasteiger partial charge in [-0.25, -0.2) is 0 Å². The summed E-state index contributed by atoms with van der Waals surface area (Å²) >= 11 is 3.77. The Morgan fingerprint density at radius 2 is 1.12 bits per heavy atom. The van der Waals surface area contributed by atoms with Gasteiger partial charge < -0.3 is 0 Å². The fraction of sp³-hybridized carbons (Fsp3) is 0. The minimum atomic E-state index is -2.04. The average molecular weight is 619 g/mol. The summed E-state index contributed by atoms with van der Waals surface area (Å²) in [6.45, 7) is 0. The van der Waals surface area contributed by atoms with E-state index < -0.39 is 5.51 Å². The summed E-state index contributed by atoms with van der Waals surface area (Å²) < 4.78 is 0. The number of fused-ring (bicyclic) bond motifs is 6. The molecule has 3 heteroatoms. The van der Waals surface area contributed by atoms with Gasteiger partial charge in [-0.1, -0.05) is 0 Å². The minimum absolute atomic E-state index is 1.05. The first-order valence-corrected chi connectivity index (χ1v) is 18.2. The van der Waals surface area contributed by atoms with E-state index in [-0.39, 0.29) is 0 Å². The maximum absolute atomic E-state index is 4.83. The van der Waals surface area contributed by atoms with Gasteiger partial charge in [0.25, 0.3) is 0 Å². The number of pyridine rings is 1. The number of hydrogen-bond donors (Lipinski definition) is 0. The first kappa shape index (κ1) is 25.4. The standard InChI is InChI=1S/C39H26NPSe/c42-41(31-14-2-1-3-15-31,37-18-8-12-27-10-4-6-16-33(27)37)32-22-19-29(20-23-32)36-26-30-13-9-25-40-39(30)38-34-17-7-5-11-28(34)21-24-35(36)38/h1-26H. The van der Waals surface area contributed by atoms with E-state index in [1.54, 1.807) is 0 Å². The Bertz CT molecular complexity index is 2300. The van der Waals surface area contributed by atoms with Gasteiger partial charge in [0, 0.05) is 0 Å². The molecule has 1 aromatic heterocycles. The summed E-state index contributed by atoms with van der Waals surface area (Å²) in [7, 11) is 0. The van der Waals surface area contributed by atoms with Crippen molar-refractivity contribution in [3.8, 4) is 11.1 Å². The molecule has 1 unspecified atom stereocenters. The third kappa shape index (κ3) is 3.99. The number of nitrogens with zero attached hydrogens (tertiary/aromatic N) is 1. The quantitative estimate of drug-likeness (QED) is 0.109. The molecule has 0 saturated heterocycles. The van der Waals surface area contributed by atoms with Crippen LogP contribution in [0.1, 0.15) is 0 Å². The van der Waals surface area contributed by atoms with Crippen molar-refractivity contribution in [1.82, 2.24) is 4.98 Å². The molecule has 0 aliphatic carbocycles. The Labute approximate surface area is 252 Å². The van der Waals surface area contributed by atoms with E-state index in [0.29, 0.717) is 0 Å². The molecule has 0 aliphatic rings. The van der Waals surface area contributed by atoms with Gasteiger partial charge in [-0.3, -0.25) is 0 Å². The molecule has 0 saturated carbocycles. The predicted molar refractivity (Wildman–Crippen MR) is 184 cm³/mol. The van der Waals surface area contributed by atoms with Gasteiger partial charge in [-0.15, -0.1) is 0 Å². The van der Waals surface area contributed by atoms with Gasteiger partial charge in [0.2, 0.25) is 0 Å². The van der Waals surface area contributed by atoms with Crippen LogP contribution in [0.4, 0.5) is 0 Å². The van der Waals surface area contributed by atoms with Crippen LogP contribution in [0.3, 0.4) is 0 Å². The Morgan fingerprint density at radius 3 is 1.93 bits per heavy atom. The molecule has 198 valence electrons. The fourth-order valence-corrected chi connectivity index (χ4v) is 11.8. The zero-order valence-electron chi connectivity index (χ0n) is 22.8. The van der Waals surface area contributed by atoms with Gasteiger partial charge in [-0.2, -0.15) is 0 Å². The third-order valence-electron chi connectivity index (χ3n) is 8.36. The Balaban J connectivity index is 1.36. The molecular formula is C39H26NPSe. The monoisotopic (exact) mass is 619 g/mol. The molecule has 0 fully saturated rings. The van der Waals surface area contributed by atoms with Crippen LogP contribution in [0.2, 0.25) is 0 Å². The summed E-state index contributed by atoms with van der Waals surface area (Å²) in [6, 6.07) is 55.3. The molecule has 0 amide bonds. The maximum atomic E-state index is 4.83. The molecule has 1 nitrogen and oxygen atoms in total. The van der Waals surface area contributed by atoms with Crippen molar-refractivity contribution in [3.05, 3.63) is 158 Å². The number of benzene rings is 7. The molecular weight excluding hydrogens is 592 g/mol. The van der Waals surface area contributed by atoms with Gasteiger partial charge in [0.05, 0.1) is 0 Å². The summed E-state index contributed by atoms with van der Waals surface area (Å²) in [6.07, 6.45) is 1.90. The van der Waals surface area contributed by atoms with Crippen molar-refractivity contribution < 1.29 is 0 Å². The van der Waals surface area contributed by atoms with Crippen molar-refractivity contribution >= 4 is 79.7 Å². The molecule has 0 aliphatic heterocycles. The molecule has 1 atom stereocenters. The number of rotatable bonds is 4. The van der Waals surface area contributed by atoms with E-state index >= 15 is 0 Å². The second kappa shape index (κ2) is 10.2. The predicted octanol–water partition coefficient (Wildman–Crippen LogP) is 8.74. The van der Waals surface area contributed by atoms with E-state index in [0.717, 1.165) is 10.9 Å². The van der Waals surface area contributed by atoms with Crippen LogP contribution in [0.15, 0.2) is 158 Å². The Kier molecular flexibility index (Phi) is 6.16. The van der Waals surface area contributed by atoms with E-state index in [1.807, 2.05) is 12.3 Å². The zero-order chi connectivity index (χ0) is 28.1. The summed E-state index contributed by atoms with van der Waals surface area (Å²) in [5.41, 5.74) is 1.46. The van der Waals surface area contributed by atoms with E-state index in [9.17, 15) is 0 Å². The second-order valence-electron chi connectivity index (χ2n) is 10.7. The van der Waals surface area contributed by atoms with Crippen molar-refractivity contribution in [3.63, 3.8) is 0 Å². The Hall–Kier alpha value is -4.32. The summed E-state index contributed by atoms with van der Waals surface area (Å²) in [5, 5.41) is 12.7. The zero-order valence-corrected chi connectivity index (χ0v) is 25.4. The summed E-state index contributed by atoms with van der Waals surface area (Å²) in [4.78, 5) is 4.83. The number of aromatic nitrogens is 1. The Morgan fingerprint density at radius 1 is 0.476 bits per heavy atom. The molecule has 7 aromatic carbocycles. The molecule has 0 N–H and O–H groups in total. The molecule has 0 spiro atoms. The van der Waals surface area contributed by atoms with E-state index in [4.69, 9.17) is 4.98 Å². The van der Waals surface area contributed by atoms with E-state index in [2.05, 4.69) is 161 Å². The van der Waals surface area contributed by atoms with E-state index in [1.165, 1.54) is 59.4 Å². The van der Waals surface area contributed by atoms with Crippen LogP contribution in [0.25, 0.3) is 54.3 Å². The first-order chi connectivity index (χ1) is 20.7. The van der Waals surface area contributed by atoms with Crippen LogP contribution in [0, 0.1) is 0 Å². The average Bonchev–Trinajstić information content (AvgIpc) is 3.07. The van der Waals surface area contributed by atoms with Crippen LogP contribution in [-0.2, 0) is 0 Å². The fourth-order valence-electron chi connectivity index (χ4n) is 6.37. The molecule has 42 heavy (non-hydrogen) atoms. The van der Waals surface area contributed by atoms with Crippen LogP contribution in [-0.4, -0.2) is 20.1 Å². The van der Waals surface area contributed by atoms with Crippen LogP contribution < -0.4 is 15.9 Å². The second-order valence-corrected chi connectivity index (χ2v) is 16.9. The van der Waals surface area contributed by atoms with Crippen molar-refractivity contribution in [2.75, 3.05) is 0 Å². The van der Waals surface area contributed by atoms with Gasteiger partial charge in [-0.05, 0) is 0 Å². The third-order valence-corrected chi connectivity index (χ3v) is 15.4. The van der Waals surface area contributed by atoms with Crippen molar-refractivity contribution in [1.29, 1.82) is 0 Å². The topological polar surface area (TPSA) is 12.9 Å². The van der Waals surface area contributed by atoms with Gasteiger partial charge in [0.15, 0.2) is 0 Å². The molecule has 8 rings (SSSR count). The molecule has 1 heterocycles.